The quantitative estimate of drug-likeness (QED) is 0.421. The van der Waals surface area contributed by atoms with Crippen molar-refractivity contribution >= 4 is 33.6 Å². The fourth-order valence-electron chi connectivity index (χ4n) is 3.23. The molecule has 0 aromatic heterocycles. The molecule has 0 bridgehead atoms. The molecule has 2 aliphatic heterocycles. The van der Waals surface area contributed by atoms with Crippen LogP contribution in [0.25, 0.3) is 0 Å². The Balaban J connectivity index is 1.27. The van der Waals surface area contributed by atoms with E-state index in [-0.39, 0.29) is 34.8 Å². The molecule has 0 fully saturated rings. The molecule has 1 N–H and O–H groups in total. The standard InChI is InChI=1S/C20H17N3O6S/c24-17(29-12-23-19(25)13-6-1-2-7-14(13)20(23)26)10-5-11-21-18-15-8-3-4-9-16(15)30(27,28)22-18/h1-4,6-9H,5,10-12H2,(H,21,22). The molecule has 30 heavy (non-hydrogen) atoms. The number of ether oxygens (including phenoxy) is 1. The number of amides is 2. The fraction of sp³-hybridized carbons (Fsp3) is 0.200. The van der Waals surface area contributed by atoms with Gasteiger partial charge in [0.1, 0.15) is 5.84 Å². The van der Waals surface area contributed by atoms with Gasteiger partial charge in [0.05, 0.1) is 16.0 Å². The van der Waals surface area contributed by atoms with E-state index < -0.39 is 34.5 Å². The zero-order valence-corrected chi connectivity index (χ0v) is 16.5. The first-order chi connectivity index (χ1) is 14.4. The van der Waals surface area contributed by atoms with Crippen LogP contribution in [-0.4, -0.2) is 50.2 Å². The van der Waals surface area contributed by atoms with Crippen molar-refractivity contribution in [1.29, 1.82) is 0 Å². The Morgan fingerprint density at radius 2 is 1.57 bits per heavy atom. The maximum absolute atomic E-state index is 12.2. The summed E-state index contributed by atoms with van der Waals surface area (Å²) >= 11 is 0. The maximum Gasteiger partial charge on any atom is 0.307 e. The number of carbonyl (C=O) groups excluding carboxylic acids is 3. The van der Waals surface area contributed by atoms with Crippen molar-refractivity contribution in [2.24, 2.45) is 4.99 Å². The van der Waals surface area contributed by atoms with Gasteiger partial charge in [-0.15, -0.1) is 0 Å². The van der Waals surface area contributed by atoms with Crippen LogP contribution in [0.5, 0.6) is 0 Å². The van der Waals surface area contributed by atoms with Gasteiger partial charge in [0.15, 0.2) is 6.73 Å². The van der Waals surface area contributed by atoms with Crippen LogP contribution in [0, 0.1) is 0 Å². The number of nitrogens with one attached hydrogen (secondary N) is 1. The molecule has 2 amide bonds. The minimum Gasteiger partial charge on any atom is -0.444 e. The van der Waals surface area contributed by atoms with E-state index >= 15 is 0 Å². The molecule has 2 aromatic carbocycles. The highest BCUT2D eigenvalue weighted by atomic mass is 32.2. The highest BCUT2D eigenvalue weighted by molar-refractivity contribution is 7.90. The zero-order valence-electron chi connectivity index (χ0n) is 15.7. The normalized spacial score (nSPS) is 17.6. The van der Waals surface area contributed by atoms with Crippen molar-refractivity contribution in [3.8, 4) is 0 Å². The number of esters is 1. The fourth-order valence-corrected chi connectivity index (χ4v) is 4.48. The Hall–Kier alpha value is -3.53. The van der Waals surface area contributed by atoms with Gasteiger partial charge in [0.25, 0.3) is 21.8 Å². The molecular formula is C20H17N3O6S. The van der Waals surface area contributed by atoms with Crippen molar-refractivity contribution in [3.63, 3.8) is 0 Å². The lowest BCUT2D eigenvalue weighted by atomic mass is 10.1. The van der Waals surface area contributed by atoms with Crippen LogP contribution in [0.3, 0.4) is 0 Å². The molecule has 154 valence electrons. The SMILES string of the molecule is O=C(CCCN=C1NS(=O)(=O)c2ccccc21)OCN1C(=O)c2ccccc2C1=O. The highest BCUT2D eigenvalue weighted by Gasteiger charge is 2.35. The number of hydrogen-bond acceptors (Lipinski definition) is 7. The predicted octanol–water partition coefficient (Wildman–Crippen LogP) is 1.30. The third-order valence-electron chi connectivity index (χ3n) is 4.70. The molecule has 0 spiro atoms. The first-order valence-corrected chi connectivity index (χ1v) is 10.6. The highest BCUT2D eigenvalue weighted by Crippen LogP contribution is 2.23. The number of fused-ring (bicyclic) bond motifs is 2. The molecular weight excluding hydrogens is 410 g/mol. The molecule has 4 rings (SSSR count). The number of amidine groups is 1. The van der Waals surface area contributed by atoms with E-state index in [4.69, 9.17) is 4.74 Å². The summed E-state index contributed by atoms with van der Waals surface area (Å²) in [6, 6.07) is 12.9. The average Bonchev–Trinajstić information content (AvgIpc) is 3.14. The average molecular weight is 427 g/mol. The molecule has 0 radical (unpaired) electrons. The minimum absolute atomic E-state index is 0.00828. The molecule has 0 saturated heterocycles. The van der Waals surface area contributed by atoms with Crippen LogP contribution in [0.1, 0.15) is 39.1 Å². The number of imide groups is 1. The Morgan fingerprint density at radius 1 is 0.967 bits per heavy atom. The molecule has 0 saturated carbocycles. The summed E-state index contributed by atoms with van der Waals surface area (Å²) in [5.41, 5.74) is 1.06. The lowest BCUT2D eigenvalue weighted by Crippen LogP contribution is -2.33. The van der Waals surface area contributed by atoms with Crippen molar-refractivity contribution in [3.05, 3.63) is 65.2 Å². The number of nitrogens with zero attached hydrogens (tertiary/aromatic N) is 2. The van der Waals surface area contributed by atoms with Gasteiger partial charge in [0, 0.05) is 18.5 Å². The topological polar surface area (TPSA) is 122 Å². The lowest BCUT2D eigenvalue weighted by molar-refractivity contribution is -0.146. The van der Waals surface area contributed by atoms with Crippen LogP contribution in [-0.2, 0) is 19.6 Å². The molecule has 0 aliphatic carbocycles. The van der Waals surface area contributed by atoms with E-state index in [0.717, 1.165) is 4.90 Å². The van der Waals surface area contributed by atoms with Gasteiger partial charge in [-0.1, -0.05) is 24.3 Å². The van der Waals surface area contributed by atoms with Crippen molar-refractivity contribution in [2.45, 2.75) is 17.7 Å². The van der Waals surface area contributed by atoms with E-state index in [1.807, 2.05) is 0 Å². The van der Waals surface area contributed by atoms with Crippen LogP contribution in [0.15, 0.2) is 58.4 Å². The molecule has 0 unspecified atom stereocenters. The third kappa shape index (κ3) is 3.57. The van der Waals surface area contributed by atoms with Gasteiger partial charge in [0.2, 0.25) is 0 Å². The number of benzene rings is 2. The molecule has 2 heterocycles. The molecule has 2 aromatic rings. The van der Waals surface area contributed by atoms with E-state index in [9.17, 15) is 22.8 Å². The lowest BCUT2D eigenvalue weighted by Gasteiger charge is -2.13. The Kier molecular flexibility index (Phi) is 5.08. The molecule has 0 atom stereocenters. The summed E-state index contributed by atoms with van der Waals surface area (Å²) in [4.78, 5) is 41.7. The molecule has 9 nitrogen and oxygen atoms in total. The van der Waals surface area contributed by atoms with Crippen molar-refractivity contribution in [2.75, 3.05) is 13.3 Å². The summed E-state index contributed by atoms with van der Waals surface area (Å²) in [7, 11) is -3.60. The number of carbonyl (C=O) groups is 3. The first-order valence-electron chi connectivity index (χ1n) is 9.16. The Bertz CT molecular complexity index is 1150. The van der Waals surface area contributed by atoms with Crippen molar-refractivity contribution < 1.29 is 27.5 Å². The third-order valence-corrected chi connectivity index (χ3v) is 6.10. The smallest absolute Gasteiger partial charge is 0.307 e. The summed E-state index contributed by atoms with van der Waals surface area (Å²) < 4.78 is 31.5. The van der Waals surface area contributed by atoms with Crippen LogP contribution >= 0.6 is 0 Å². The van der Waals surface area contributed by atoms with Crippen molar-refractivity contribution in [1.82, 2.24) is 9.62 Å². The molecule has 2 aliphatic rings. The van der Waals surface area contributed by atoms with Crippen LogP contribution < -0.4 is 4.72 Å². The predicted molar refractivity (Wildman–Crippen MR) is 105 cm³/mol. The molecule has 10 heteroatoms. The largest absolute Gasteiger partial charge is 0.444 e. The van der Waals surface area contributed by atoms with E-state index in [1.54, 1.807) is 42.5 Å². The van der Waals surface area contributed by atoms with Gasteiger partial charge in [-0.3, -0.25) is 24.1 Å². The second-order valence-electron chi connectivity index (χ2n) is 6.66. The number of sulfonamides is 1. The monoisotopic (exact) mass is 427 g/mol. The number of aliphatic imine (C=N–C) groups is 1. The summed E-state index contributed by atoms with van der Waals surface area (Å²) in [6.45, 7) is -0.249. The number of rotatable bonds is 6. The van der Waals surface area contributed by atoms with E-state index in [2.05, 4.69) is 9.71 Å². The van der Waals surface area contributed by atoms with Gasteiger partial charge in [-0.05, 0) is 30.7 Å². The summed E-state index contributed by atoms with van der Waals surface area (Å²) in [5, 5.41) is 0. The minimum atomic E-state index is -3.60. The van der Waals surface area contributed by atoms with E-state index in [1.165, 1.54) is 6.07 Å². The van der Waals surface area contributed by atoms with Gasteiger partial charge in [-0.2, -0.15) is 0 Å². The van der Waals surface area contributed by atoms with Crippen LogP contribution in [0.2, 0.25) is 0 Å². The second kappa shape index (κ2) is 7.71. The Morgan fingerprint density at radius 3 is 2.23 bits per heavy atom. The van der Waals surface area contributed by atoms with Gasteiger partial charge in [-0.25, -0.2) is 13.3 Å². The number of hydrogen-bond donors (Lipinski definition) is 1. The van der Waals surface area contributed by atoms with E-state index in [0.29, 0.717) is 12.0 Å². The summed E-state index contributed by atoms with van der Waals surface area (Å²) in [6.07, 6.45) is 0.322. The van der Waals surface area contributed by atoms with Crippen LogP contribution in [0.4, 0.5) is 0 Å². The Labute approximate surface area is 172 Å². The maximum atomic E-state index is 12.2. The van der Waals surface area contributed by atoms with Gasteiger partial charge < -0.3 is 4.74 Å². The second-order valence-corrected chi connectivity index (χ2v) is 8.32. The summed E-state index contributed by atoms with van der Waals surface area (Å²) in [5.74, 6) is -1.34. The first kappa shape index (κ1) is 19.8. The van der Waals surface area contributed by atoms with Gasteiger partial charge >= 0.3 is 5.97 Å². The zero-order chi connectivity index (χ0) is 21.3.